The molecule has 0 saturated carbocycles. The molecule has 2 nitrogen and oxygen atoms in total. The van der Waals surface area contributed by atoms with Gasteiger partial charge in [0.05, 0.1) is 0 Å². The zero-order chi connectivity index (χ0) is 10.2. The number of hydrogen-bond donors (Lipinski definition) is 1. The van der Waals surface area contributed by atoms with Gasteiger partial charge < -0.3 is 10.0 Å². The summed E-state index contributed by atoms with van der Waals surface area (Å²) in [5.74, 6) is 0. The first-order valence-electron chi connectivity index (χ1n) is 3.56. The summed E-state index contributed by atoms with van der Waals surface area (Å²) < 4.78 is 36.5. The average Bonchev–Trinajstić information content (AvgIpc) is 1.83. The van der Waals surface area contributed by atoms with Crippen LogP contribution in [0.5, 0.6) is 0 Å². The Balaban J connectivity index is 0. The molecule has 0 heterocycles. The van der Waals surface area contributed by atoms with Crippen LogP contribution in [-0.4, -0.2) is 41.9 Å². The molecule has 0 rings (SSSR count). The summed E-state index contributed by atoms with van der Waals surface area (Å²) in [6, 6.07) is -0.961. The predicted octanol–water partition coefficient (Wildman–Crippen LogP) is 1.25. The van der Waals surface area contributed by atoms with Crippen molar-refractivity contribution in [3.8, 4) is 0 Å². The van der Waals surface area contributed by atoms with Crippen molar-refractivity contribution < 1.29 is 35.1 Å². The Hall–Kier alpha value is 0.216. The third kappa shape index (κ3) is 3.45. The largest absolute Gasteiger partial charge is 0.418 e. The molecule has 0 aromatic heterocycles. The summed E-state index contributed by atoms with van der Waals surface area (Å²) in [5.41, 5.74) is -2.66. The zero-order valence-corrected chi connectivity index (χ0v) is 8.98. The first-order chi connectivity index (χ1) is 5.10. The van der Waals surface area contributed by atoms with Gasteiger partial charge in [-0.25, -0.2) is 0 Å². The standard InChI is InChI=1S/C7H14F3NO.Co/c1-5(11(3)4)6(2,12)7(8,9)10;/h5,12H,1-4H3;. The van der Waals surface area contributed by atoms with Crippen molar-refractivity contribution in [1.82, 2.24) is 4.90 Å². The molecule has 0 bridgehead atoms. The van der Waals surface area contributed by atoms with Crippen molar-refractivity contribution in [3.05, 3.63) is 0 Å². The maximum Gasteiger partial charge on any atom is 0.418 e. The third-order valence-corrected chi connectivity index (χ3v) is 2.16. The van der Waals surface area contributed by atoms with Gasteiger partial charge in [-0.2, -0.15) is 13.2 Å². The predicted molar refractivity (Wildman–Crippen MR) is 39.8 cm³/mol. The maximum absolute atomic E-state index is 12.2. The van der Waals surface area contributed by atoms with Gasteiger partial charge in [0.2, 0.25) is 0 Å². The molecule has 0 aliphatic heterocycles. The Bertz CT molecular complexity index is 158. The number of likely N-dealkylation sites (N-methyl/N-ethyl adjacent to an activating group) is 1. The van der Waals surface area contributed by atoms with E-state index in [1.165, 1.54) is 25.9 Å². The summed E-state index contributed by atoms with van der Waals surface area (Å²) in [6.45, 7) is 2.10. The summed E-state index contributed by atoms with van der Waals surface area (Å²) in [4.78, 5) is 1.33. The third-order valence-electron chi connectivity index (χ3n) is 2.16. The molecule has 0 spiro atoms. The average molecular weight is 244 g/mol. The number of alkyl halides is 3. The molecule has 83 valence electrons. The molecule has 0 fully saturated rings. The fourth-order valence-electron chi connectivity index (χ4n) is 0.740. The molecule has 0 amide bonds. The van der Waals surface area contributed by atoms with Crippen LogP contribution < -0.4 is 0 Å². The van der Waals surface area contributed by atoms with Crippen LogP contribution in [0, 0.1) is 0 Å². The monoisotopic (exact) mass is 244 g/mol. The van der Waals surface area contributed by atoms with Crippen LogP contribution in [0.2, 0.25) is 0 Å². The minimum Gasteiger partial charge on any atom is -0.379 e. The molecular weight excluding hydrogens is 230 g/mol. The van der Waals surface area contributed by atoms with E-state index in [2.05, 4.69) is 0 Å². The quantitative estimate of drug-likeness (QED) is 0.790. The van der Waals surface area contributed by atoms with Gasteiger partial charge in [0, 0.05) is 22.8 Å². The van der Waals surface area contributed by atoms with Crippen LogP contribution in [0.25, 0.3) is 0 Å². The molecule has 1 radical (unpaired) electrons. The van der Waals surface area contributed by atoms with Crippen molar-refractivity contribution in [3.63, 3.8) is 0 Å². The van der Waals surface area contributed by atoms with Gasteiger partial charge in [-0.05, 0) is 27.9 Å². The summed E-state index contributed by atoms with van der Waals surface area (Å²) in [7, 11) is 2.98. The Labute approximate surface area is 86.3 Å². The molecule has 2 unspecified atom stereocenters. The molecule has 0 aromatic carbocycles. The van der Waals surface area contributed by atoms with Crippen LogP contribution in [0.3, 0.4) is 0 Å². The van der Waals surface area contributed by atoms with Crippen molar-refractivity contribution in [2.24, 2.45) is 0 Å². The first-order valence-corrected chi connectivity index (χ1v) is 3.56. The Morgan fingerprint density at radius 1 is 1.23 bits per heavy atom. The summed E-state index contributed by atoms with van der Waals surface area (Å²) in [6.07, 6.45) is -4.59. The molecule has 1 N–H and O–H groups in total. The molecule has 2 atom stereocenters. The van der Waals surface area contributed by atoms with Crippen molar-refractivity contribution in [2.45, 2.75) is 31.7 Å². The number of halogens is 3. The van der Waals surface area contributed by atoms with Crippen LogP contribution in [0.1, 0.15) is 13.8 Å². The van der Waals surface area contributed by atoms with Gasteiger partial charge in [-0.15, -0.1) is 0 Å². The second-order valence-electron chi connectivity index (χ2n) is 3.28. The second-order valence-corrected chi connectivity index (χ2v) is 3.28. The van der Waals surface area contributed by atoms with Crippen molar-refractivity contribution in [2.75, 3.05) is 14.1 Å². The van der Waals surface area contributed by atoms with Gasteiger partial charge >= 0.3 is 6.18 Å². The topological polar surface area (TPSA) is 23.5 Å². The van der Waals surface area contributed by atoms with Gasteiger partial charge in [-0.1, -0.05) is 0 Å². The molecule has 0 aromatic rings. The maximum atomic E-state index is 12.2. The second kappa shape index (κ2) is 4.63. The molecule has 13 heavy (non-hydrogen) atoms. The summed E-state index contributed by atoms with van der Waals surface area (Å²) >= 11 is 0. The minimum atomic E-state index is -4.59. The van der Waals surface area contributed by atoms with E-state index in [1.54, 1.807) is 0 Å². The normalized spacial score (nSPS) is 19.2. The summed E-state index contributed by atoms with van der Waals surface area (Å²) in [5, 5.41) is 9.12. The molecule has 6 heteroatoms. The first kappa shape index (κ1) is 15.7. The fourth-order valence-corrected chi connectivity index (χ4v) is 0.740. The van der Waals surface area contributed by atoms with E-state index >= 15 is 0 Å². The molecule has 0 aliphatic rings. The number of hydrogen-bond acceptors (Lipinski definition) is 2. The number of rotatable bonds is 2. The van der Waals surface area contributed by atoms with E-state index in [1.807, 2.05) is 0 Å². The van der Waals surface area contributed by atoms with Gasteiger partial charge in [0.1, 0.15) is 0 Å². The van der Waals surface area contributed by atoms with Gasteiger partial charge in [0.15, 0.2) is 5.60 Å². The molecule has 0 saturated heterocycles. The van der Waals surface area contributed by atoms with E-state index in [9.17, 15) is 13.2 Å². The number of nitrogens with zero attached hydrogens (tertiary/aromatic N) is 1. The van der Waals surface area contributed by atoms with Gasteiger partial charge in [-0.3, -0.25) is 0 Å². The molecular formula is C7H14CoF3NO. The van der Waals surface area contributed by atoms with Crippen LogP contribution >= 0.6 is 0 Å². The number of aliphatic hydroxyl groups is 1. The molecule has 0 aliphatic carbocycles. The Morgan fingerprint density at radius 3 is 1.62 bits per heavy atom. The smallest absolute Gasteiger partial charge is 0.379 e. The van der Waals surface area contributed by atoms with E-state index in [-0.39, 0.29) is 16.8 Å². The van der Waals surface area contributed by atoms with E-state index in [0.29, 0.717) is 0 Å². The van der Waals surface area contributed by atoms with Crippen molar-refractivity contribution in [1.29, 1.82) is 0 Å². The van der Waals surface area contributed by atoms with Crippen molar-refractivity contribution >= 4 is 0 Å². The zero-order valence-electron chi connectivity index (χ0n) is 7.94. The van der Waals surface area contributed by atoms with Crippen LogP contribution in [0.4, 0.5) is 13.2 Å². The van der Waals surface area contributed by atoms with Crippen LogP contribution in [0.15, 0.2) is 0 Å². The Morgan fingerprint density at radius 2 is 1.54 bits per heavy atom. The fraction of sp³-hybridized carbons (Fsp3) is 1.00. The van der Waals surface area contributed by atoms with E-state index in [0.717, 1.165) is 6.92 Å². The minimum absolute atomic E-state index is 0. The van der Waals surface area contributed by atoms with E-state index in [4.69, 9.17) is 5.11 Å². The van der Waals surface area contributed by atoms with Crippen LogP contribution in [-0.2, 0) is 16.8 Å². The van der Waals surface area contributed by atoms with E-state index < -0.39 is 17.8 Å². The Kier molecular flexibility index (Phi) is 5.59. The van der Waals surface area contributed by atoms with Gasteiger partial charge in [0.25, 0.3) is 0 Å². The SMILES string of the molecule is CC(N(C)C)C(C)(O)C(F)(F)F.[Co].